The number of nitrogens with one attached hydrogen (secondary N) is 2. The van der Waals surface area contributed by atoms with Gasteiger partial charge in [-0.25, -0.2) is 4.79 Å². The van der Waals surface area contributed by atoms with E-state index in [-0.39, 0.29) is 18.0 Å². The van der Waals surface area contributed by atoms with Crippen LogP contribution in [0.4, 0.5) is 4.79 Å². The summed E-state index contributed by atoms with van der Waals surface area (Å²) in [6.45, 7) is 6.80. The Morgan fingerprint density at radius 2 is 1.88 bits per heavy atom. The molecule has 6 nitrogen and oxygen atoms in total. The number of carbonyl (C=O) groups is 2. The molecule has 0 aliphatic heterocycles. The Morgan fingerprint density at radius 3 is 2.31 bits per heavy atom. The molecule has 0 bridgehead atoms. The molecule has 94 valence electrons. The van der Waals surface area contributed by atoms with Crippen LogP contribution >= 0.6 is 0 Å². The van der Waals surface area contributed by atoms with Crippen LogP contribution in [0.3, 0.4) is 0 Å². The van der Waals surface area contributed by atoms with Crippen LogP contribution < -0.4 is 16.4 Å². The lowest BCUT2D eigenvalue weighted by atomic mass is 10.1. The largest absolute Gasteiger partial charge is 0.333 e. The normalized spacial score (nSPS) is 11.4. The molecule has 6 heteroatoms. The molecule has 0 aromatic carbocycles. The third kappa shape index (κ3) is 8.19. The van der Waals surface area contributed by atoms with Gasteiger partial charge < -0.3 is 11.1 Å². The molecule has 0 saturated carbocycles. The predicted molar refractivity (Wildman–Crippen MR) is 63.0 cm³/mol. The van der Waals surface area contributed by atoms with E-state index < -0.39 is 6.03 Å². The average Bonchev–Trinajstić information content (AvgIpc) is 1.98. The Bertz CT molecular complexity index is 248. The number of imide groups is 1. The zero-order valence-corrected chi connectivity index (χ0v) is 10.5. The van der Waals surface area contributed by atoms with Crippen molar-refractivity contribution in [2.75, 3.05) is 26.7 Å². The van der Waals surface area contributed by atoms with Crippen LogP contribution in [0.2, 0.25) is 0 Å². The van der Waals surface area contributed by atoms with Crippen molar-refractivity contribution < 1.29 is 9.59 Å². The highest BCUT2D eigenvalue weighted by Gasteiger charge is 2.16. The van der Waals surface area contributed by atoms with Gasteiger partial charge in [0.1, 0.15) is 0 Å². The van der Waals surface area contributed by atoms with Crippen LogP contribution in [0.25, 0.3) is 0 Å². The highest BCUT2D eigenvalue weighted by atomic mass is 16.2. The van der Waals surface area contributed by atoms with E-state index >= 15 is 0 Å². The number of nitrogens with zero attached hydrogens (tertiary/aromatic N) is 1. The Hall–Kier alpha value is -1.14. The molecule has 0 radical (unpaired) electrons. The number of amides is 3. The maximum absolute atomic E-state index is 11.4. The van der Waals surface area contributed by atoms with Crippen molar-refractivity contribution in [2.45, 2.75) is 26.3 Å². The number of carbonyl (C=O) groups excluding carboxylic acids is 2. The molecule has 0 aliphatic rings. The highest BCUT2D eigenvalue weighted by Crippen LogP contribution is 1.97. The molecule has 0 unspecified atom stereocenters. The second-order valence-corrected chi connectivity index (χ2v) is 4.78. The summed E-state index contributed by atoms with van der Waals surface area (Å²) in [5.74, 6) is -0.335. The van der Waals surface area contributed by atoms with Crippen LogP contribution in [0.1, 0.15) is 20.8 Å². The molecular weight excluding hydrogens is 208 g/mol. The predicted octanol–water partition coefficient (Wildman–Crippen LogP) is -0.499. The summed E-state index contributed by atoms with van der Waals surface area (Å²) in [7, 11) is 1.77. The molecule has 0 aromatic rings. The molecule has 16 heavy (non-hydrogen) atoms. The monoisotopic (exact) mass is 230 g/mol. The average molecular weight is 230 g/mol. The third-order valence-electron chi connectivity index (χ3n) is 1.67. The summed E-state index contributed by atoms with van der Waals surface area (Å²) in [6, 6.07) is -0.473. The fraction of sp³-hybridized carbons (Fsp3) is 0.800. The highest BCUT2D eigenvalue weighted by molar-refractivity contribution is 5.95. The molecule has 0 aromatic heterocycles. The lowest BCUT2D eigenvalue weighted by Crippen LogP contribution is -2.50. The van der Waals surface area contributed by atoms with Crippen molar-refractivity contribution in [1.29, 1.82) is 0 Å². The van der Waals surface area contributed by atoms with E-state index in [0.29, 0.717) is 13.1 Å². The van der Waals surface area contributed by atoms with Crippen molar-refractivity contribution >= 4 is 11.9 Å². The van der Waals surface area contributed by atoms with Gasteiger partial charge in [-0.1, -0.05) is 0 Å². The smallest absolute Gasteiger partial charge is 0.321 e. The lowest BCUT2D eigenvalue weighted by molar-refractivity contribution is -0.120. The minimum absolute atomic E-state index is 0.161. The summed E-state index contributed by atoms with van der Waals surface area (Å²) in [5, 5.41) is 4.90. The van der Waals surface area contributed by atoms with Gasteiger partial charge in [0.2, 0.25) is 5.91 Å². The van der Waals surface area contributed by atoms with Crippen molar-refractivity contribution in [2.24, 2.45) is 5.73 Å². The summed E-state index contributed by atoms with van der Waals surface area (Å²) in [5.41, 5.74) is 4.98. The van der Waals surface area contributed by atoms with Gasteiger partial charge in [-0.05, 0) is 27.8 Å². The molecule has 0 rings (SSSR count). The summed E-state index contributed by atoms with van der Waals surface area (Å²) in [4.78, 5) is 24.4. The van der Waals surface area contributed by atoms with Gasteiger partial charge in [0.15, 0.2) is 0 Å². The van der Waals surface area contributed by atoms with Gasteiger partial charge >= 0.3 is 6.03 Å². The van der Waals surface area contributed by atoms with Gasteiger partial charge in [0.05, 0.1) is 6.54 Å². The van der Waals surface area contributed by atoms with Crippen molar-refractivity contribution in [3.8, 4) is 0 Å². The molecule has 0 spiro atoms. The number of urea groups is 1. The topological polar surface area (TPSA) is 87.5 Å². The standard InChI is InChI=1S/C10H22N4O2/c1-10(2,3)13-9(16)12-8(15)7-14(4)6-5-11/h5-7,11H2,1-4H3,(H2,12,13,15,16). The second-order valence-electron chi connectivity index (χ2n) is 4.78. The van der Waals surface area contributed by atoms with Crippen LogP contribution in [0, 0.1) is 0 Å². The van der Waals surface area contributed by atoms with Crippen LogP contribution in [-0.4, -0.2) is 49.1 Å². The van der Waals surface area contributed by atoms with E-state index in [0.717, 1.165) is 0 Å². The minimum Gasteiger partial charge on any atom is -0.333 e. The Kier molecular flexibility index (Phi) is 5.98. The summed E-state index contributed by atoms with van der Waals surface area (Å²) < 4.78 is 0. The SMILES string of the molecule is CN(CCN)CC(=O)NC(=O)NC(C)(C)C. The molecule has 0 atom stereocenters. The fourth-order valence-electron chi connectivity index (χ4n) is 1.08. The van der Waals surface area contributed by atoms with Crippen LogP contribution in [0.15, 0.2) is 0 Å². The Balaban J connectivity index is 3.92. The van der Waals surface area contributed by atoms with E-state index in [1.54, 1.807) is 11.9 Å². The van der Waals surface area contributed by atoms with E-state index in [1.165, 1.54) is 0 Å². The van der Waals surface area contributed by atoms with E-state index in [9.17, 15) is 9.59 Å². The first-order chi connectivity index (χ1) is 7.24. The van der Waals surface area contributed by atoms with Gasteiger partial charge in [0.25, 0.3) is 0 Å². The van der Waals surface area contributed by atoms with Crippen molar-refractivity contribution in [3.63, 3.8) is 0 Å². The summed E-state index contributed by atoms with van der Waals surface area (Å²) in [6.07, 6.45) is 0. The second kappa shape index (κ2) is 6.44. The molecular formula is C10H22N4O2. The Labute approximate surface area is 96.5 Å². The first kappa shape index (κ1) is 14.9. The molecule has 0 saturated heterocycles. The van der Waals surface area contributed by atoms with E-state index in [1.807, 2.05) is 20.8 Å². The van der Waals surface area contributed by atoms with Gasteiger partial charge in [-0.3, -0.25) is 15.0 Å². The van der Waals surface area contributed by atoms with E-state index in [4.69, 9.17) is 5.73 Å². The minimum atomic E-state index is -0.473. The van der Waals surface area contributed by atoms with Crippen LogP contribution in [-0.2, 0) is 4.79 Å². The fourth-order valence-corrected chi connectivity index (χ4v) is 1.08. The number of hydrogen-bond donors (Lipinski definition) is 3. The third-order valence-corrected chi connectivity index (χ3v) is 1.67. The number of nitrogens with two attached hydrogens (primary N) is 1. The zero-order chi connectivity index (χ0) is 12.8. The van der Waals surface area contributed by atoms with E-state index in [2.05, 4.69) is 10.6 Å². The number of rotatable bonds is 4. The molecule has 0 heterocycles. The maximum Gasteiger partial charge on any atom is 0.321 e. The van der Waals surface area contributed by atoms with Crippen LogP contribution in [0.5, 0.6) is 0 Å². The molecule has 0 aliphatic carbocycles. The molecule has 0 fully saturated rings. The molecule has 3 amide bonds. The maximum atomic E-state index is 11.4. The first-order valence-electron chi connectivity index (χ1n) is 5.25. The van der Waals surface area contributed by atoms with Gasteiger partial charge in [-0.15, -0.1) is 0 Å². The van der Waals surface area contributed by atoms with Crippen molar-refractivity contribution in [3.05, 3.63) is 0 Å². The first-order valence-corrected chi connectivity index (χ1v) is 5.25. The lowest BCUT2D eigenvalue weighted by Gasteiger charge is -2.21. The van der Waals surface area contributed by atoms with Crippen molar-refractivity contribution in [1.82, 2.24) is 15.5 Å². The number of hydrogen-bond acceptors (Lipinski definition) is 4. The number of likely N-dealkylation sites (N-methyl/N-ethyl adjacent to an activating group) is 1. The van der Waals surface area contributed by atoms with Gasteiger partial charge in [0, 0.05) is 18.6 Å². The zero-order valence-electron chi connectivity index (χ0n) is 10.5. The summed E-state index contributed by atoms with van der Waals surface area (Å²) >= 11 is 0. The quantitative estimate of drug-likeness (QED) is 0.607. The Morgan fingerprint density at radius 1 is 1.31 bits per heavy atom. The van der Waals surface area contributed by atoms with Gasteiger partial charge in [-0.2, -0.15) is 0 Å². The molecule has 4 N–H and O–H groups in total.